The molecule has 0 aliphatic rings. The van der Waals surface area contributed by atoms with Crippen molar-refractivity contribution in [2.45, 2.75) is 33.6 Å². The number of nitrogens with zero attached hydrogens (tertiary/aromatic N) is 2. The zero-order valence-electron chi connectivity index (χ0n) is 17.1. The van der Waals surface area contributed by atoms with E-state index in [9.17, 15) is 4.79 Å². The van der Waals surface area contributed by atoms with Crippen molar-refractivity contribution in [2.75, 3.05) is 14.2 Å². The van der Waals surface area contributed by atoms with Crippen LogP contribution >= 0.6 is 0 Å². The van der Waals surface area contributed by atoms with Crippen LogP contribution in [0.3, 0.4) is 0 Å². The summed E-state index contributed by atoms with van der Waals surface area (Å²) in [6.07, 6.45) is 4.51. The van der Waals surface area contributed by atoms with Gasteiger partial charge in [-0.25, -0.2) is 4.79 Å². The third-order valence-electron chi connectivity index (χ3n) is 5.29. The van der Waals surface area contributed by atoms with Crippen molar-refractivity contribution in [1.82, 2.24) is 9.55 Å². The van der Waals surface area contributed by atoms with Crippen molar-refractivity contribution >= 4 is 21.9 Å². The van der Waals surface area contributed by atoms with Crippen LogP contribution in [0.1, 0.15) is 37.6 Å². The van der Waals surface area contributed by atoms with Gasteiger partial charge in [0.2, 0.25) is 0 Å². The monoisotopic (exact) mass is 408 g/mol. The van der Waals surface area contributed by atoms with E-state index in [0.717, 1.165) is 46.0 Å². The third kappa shape index (κ3) is 3.65. The predicted octanol–water partition coefficient (Wildman–Crippen LogP) is 4.88. The molecule has 0 saturated carbocycles. The van der Waals surface area contributed by atoms with Crippen LogP contribution in [0.5, 0.6) is 11.5 Å². The minimum absolute atomic E-state index is 0. The lowest BCUT2D eigenvalue weighted by Gasteiger charge is -2.14. The molecule has 0 bridgehead atoms. The average molecular weight is 408 g/mol. The van der Waals surface area contributed by atoms with Crippen molar-refractivity contribution in [3.63, 3.8) is 0 Å². The largest absolute Gasteiger partial charge is 0.493 e. The van der Waals surface area contributed by atoms with E-state index >= 15 is 0 Å². The maximum absolute atomic E-state index is 11.8. The Kier molecular flexibility index (Phi) is 6.15. The first-order valence-corrected chi connectivity index (χ1v) is 9.66. The van der Waals surface area contributed by atoms with Crippen LogP contribution in [0.4, 0.5) is 0 Å². The highest BCUT2D eigenvalue weighted by Gasteiger charge is 2.14. The minimum Gasteiger partial charge on any atom is -0.493 e. The molecule has 6 heteroatoms. The van der Waals surface area contributed by atoms with Gasteiger partial charge in [-0.15, -0.1) is 0 Å². The molecule has 2 aromatic carbocycles. The molecule has 158 valence electrons. The minimum atomic E-state index is -0.356. The standard InChI is InChI=1S/C23H24N2O4.CH4/c1-5-6-18-17-12-22(28-4)21(27-3)11-16(17)15(13-24-18)9-14-7-8-19-20(10-14)29-23(26)25(19)2;/h7-8,10-13H,5-6,9H2,1-4H3;1H4. The fourth-order valence-corrected chi connectivity index (χ4v) is 3.76. The van der Waals surface area contributed by atoms with Gasteiger partial charge in [0, 0.05) is 24.3 Å². The van der Waals surface area contributed by atoms with Gasteiger partial charge in [-0.3, -0.25) is 9.55 Å². The summed E-state index contributed by atoms with van der Waals surface area (Å²) in [5.74, 6) is 1.04. The molecule has 0 N–H and O–H groups in total. The number of pyridine rings is 1. The quantitative estimate of drug-likeness (QED) is 0.455. The van der Waals surface area contributed by atoms with Crippen molar-refractivity contribution in [2.24, 2.45) is 7.05 Å². The normalized spacial score (nSPS) is 10.9. The molecule has 2 aromatic heterocycles. The predicted molar refractivity (Wildman–Crippen MR) is 120 cm³/mol. The number of aryl methyl sites for hydroxylation is 2. The van der Waals surface area contributed by atoms with Gasteiger partial charge in [-0.05, 0) is 53.6 Å². The third-order valence-corrected chi connectivity index (χ3v) is 5.29. The Labute approximate surface area is 176 Å². The fraction of sp³-hybridized carbons (Fsp3) is 0.333. The van der Waals surface area contributed by atoms with Crippen molar-refractivity contribution in [1.29, 1.82) is 0 Å². The molecule has 0 aliphatic carbocycles. The topological polar surface area (TPSA) is 66.5 Å². The van der Waals surface area contributed by atoms with Crippen LogP contribution < -0.4 is 15.2 Å². The number of aromatic nitrogens is 2. The molecule has 0 atom stereocenters. The van der Waals surface area contributed by atoms with Crippen LogP contribution in [-0.2, 0) is 19.9 Å². The van der Waals surface area contributed by atoms with E-state index in [1.807, 2.05) is 36.5 Å². The lowest BCUT2D eigenvalue weighted by molar-refractivity contribution is 0.356. The number of fused-ring (bicyclic) bond motifs is 2. The highest BCUT2D eigenvalue weighted by molar-refractivity contribution is 5.91. The zero-order valence-corrected chi connectivity index (χ0v) is 17.1. The number of hydrogen-bond donors (Lipinski definition) is 0. The Hall–Kier alpha value is -3.28. The Morgan fingerprint density at radius 1 is 1.07 bits per heavy atom. The van der Waals surface area contributed by atoms with E-state index < -0.39 is 0 Å². The van der Waals surface area contributed by atoms with E-state index in [-0.39, 0.29) is 13.2 Å². The Morgan fingerprint density at radius 3 is 2.43 bits per heavy atom. The summed E-state index contributed by atoms with van der Waals surface area (Å²) in [5.41, 5.74) is 4.56. The van der Waals surface area contributed by atoms with E-state index in [2.05, 4.69) is 6.92 Å². The first-order chi connectivity index (χ1) is 14.0. The molecule has 0 fully saturated rings. The summed E-state index contributed by atoms with van der Waals surface area (Å²) in [6, 6.07) is 9.88. The molecule has 6 nitrogen and oxygen atoms in total. The van der Waals surface area contributed by atoms with Crippen LogP contribution in [0.2, 0.25) is 0 Å². The van der Waals surface area contributed by atoms with Crippen molar-refractivity contribution < 1.29 is 13.9 Å². The number of benzene rings is 2. The Balaban J connectivity index is 0.00000256. The molecule has 2 heterocycles. The van der Waals surface area contributed by atoms with Gasteiger partial charge in [0.15, 0.2) is 17.1 Å². The lowest BCUT2D eigenvalue weighted by Crippen LogP contribution is -2.08. The van der Waals surface area contributed by atoms with Crippen LogP contribution in [0.15, 0.2) is 45.7 Å². The first kappa shape index (κ1) is 21.4. The molecular weight excluding hydrogens is 380 g/mol. The van der Waals surface area contributed by atoms with Gasteiger partial charge < -0.3 is 13.9 Å². The second-order valence-corrected chi connectivity index (χ2v) is 7.14. The molecule has 0 amide bonds. The highest BCUT2D eigenvalue weighted by Crippen LogP contribution is 2.35. The number of rotatable bonds is 6. The number of methoxy groups -OCH3 is 2. The molecular formula is C24H28N2O4. The molecule has 0 aliphatic heterocycles. The van der Waals surface area contributed by atoms with Crippen molar-refractivity contribution in [3.05, 3.63) is 63.9 Å². The van der Waals surface area contributed by atoms with Gasteiger partial charge >= 0.3 is 5.76 Å². The maximum atomic E-state index is 11.8. The number of oxazole rings is 1. The van der Waals surface area contributed by atoms with Gasteiger partial charge in [0.25, 0.3) is 0 Å². The van der Waals surface area contributed by atoms with E-state index in [0.29, 0.717) is 23.5 Å². The average Bonchev–Trinajstić information content (AvgIpc) is 3.02. The van der Waals surface area contributed by atoms with Crippen LogP contribution in [0, 0.1) is 0 Å². The fourth-order valence-electron chi connectivity index (χ4n) is 3.76. The Morgan fingerprint density at radius 2 is 1.77 bits per heavy atom. The number of ether oxygens (including phenoxy) is 2. The number of hydrogen-bond acceptors (Lipinski definition) is 5. The summed E-state index contributed by atoms with van der Waals surface area (Å²) in [7, 11) is 4.99. The second kappa shape index (κ2) is 8.61. The molecule has 4 rings (SSSR count). The van der Waals surface area contributed by atoms with Crippen LogP contribution in [-0.4, -0.2) is 23.8 Å². The zero-order chi connectivity index (χ0) is 20.5. The van der Waals surface area contributed by atoms with Crippen LogP contribution in [0.25, 0.3) is 21.9 Å². The van der Waals surface area contributed by atoms with Crippen molar-refractivity contribution in [3.8, 4) is 11.5 Å². The molecule has 0 unspecified atom stereocenters. The summed E-state index contributed by atoms with van der Waals surface area (Å²) >= 11 is 0. The summed E-state index contributed by atoms with van der Waals surface area (Å²) in [4.78, 5) is 16.5. The second-order valence-electron chi connectivity index (χ2n) is 7.14. The summed E-state index contributed by atoms with van der Waals surface area (Å²) < 4.78 is 17.9. The van der Waals surface area contributed by atoms with E-state index in [4.69, 9.17) is 18.9 Å². The van der Waals surface area contributed by atoms with E-state index in [1.54, 1.807) is 21.3 Å². The Bertz CT molecular complexity index is 1250. The maximum Gasteiger partial charge on any atom is 0.419 e. The smallest absolute Gasteiger partial charge is 0.419 e. The molecule has 0 saturated heterocycles. The molecule has 30 heavy (non-hydrogen) atoms. The first-order valence-electron chi connectivity index (χ1n) is 9.66. The summed E-state index contributed by atoms with van der Waals surface area (Å²) in [6.45, 7) is 2.14. The molecule has 0 radical (unpaired) electrons. The lowest BCUT2D eigenvalue weighted by atomic mass is 9.97. The van der Waals surface area contributed by atoms with Gasteiger partial charge in [-0.1, -0.05) is 26.8 Å². The van der Waals surface area contributed by atoms with Gasteiger partial charge in [0.1, 0.15) is 0 Å². The SMILES string of the molecule is C.CCCc1ncc(Cc2ccc3c(c2)oc(=O)n3C)c2cc(OC)c(OC)cc12. The molecule has 0 spiro atoms. The summed E-state index contributed by atoms with van der Waals surface area (Å²) in [5, 5.41) is 2.17. The highest BCUT2D eigenvalue weighted by atomic mass is 16.5. The van der Waals surface area contributed by atoms with Gasteiger partial charge in [-0.2, -0.15) is 0 Å². The van der Waals surface area contributed by atoms with Gasteiger partial charge in [0.05, 0.1) is 19.7 Å². The molecule has 4 aromatic rings. The van der Waals surface area contributed by atoms with E-state index in [1.165, 1.54) is 4.57 Å².